The van der Waals surface area contributed by atoms with Crippen LogP contribution in [0.5, 0.6) is 0 Å². The van der Waals surface area contributed by atoms with Gasteiger partial charge in [-0.1, -0.05) is 26.7 Å². The minimum atomic E-state index is -1.26. The van der Waals surface area contributed by atoms with Gasteiger partial charge in [0, 0.05) is 48.8 Å². The molecule has 35 heavy (non-hydrogen) atoms. The highest BCUT2D eigenvalue weighted by molar-refractivity contribution is 5.90. The summed E-state index contributed by atoms with van der Waals surface area (Å²) in [5.41, 5.74) is 5.09. The molecule has 9 nitrogen and oxygen atoms in total. The third-order valence-electron chi connectivity index (χ3n) is 9.04. The lowest BCUT2D eigenvalue weighted by Crippen LogP contribution is -2.57. The number of rotatable bonds is 5. The number of ketones is 2. The summed E-state index contributed by atoms with van der Waals surface area (Å²) >= 11 is 0. The molecule has 0 aromatic carbocycles. The fraction of sp³-hybridized carbons (Fsp3) is 0.731. The van der Waals surface area contributed by atoms with Crippen LogP contribution >= 0.6 is 0 Å². The zero-order valence-electron chi connectivity index (χ0n) is 20.5. The normalized spacial score (nSPS) is 38.0. The van der Waals surface area contributed by atoms with Crippen molar-refractivity contribution in [2.24, 2.45) is 40.2 Å². The molecule has 4 saturated carbocycles. The topological polar surface area (TPSA) is 161 Å². The molecule has 9 heteroatoms. The number of nitrogens with two attached hydrogens (primary N) is 1. The number of carboxylic acid groups (broad SMARTS) is 2. The van der Waals surface area contributed by atoms with E-state index >= 15 is 0 Å². The van der Waals surface area contributed by atoms with Crippen molar-refractivity contribution >= 4 is 29.5 Å². The predicted molar refractivity (Wildman–Crippen MR) is 125 cm³/mol. The highest BCUT2D eigenvalue weighted by atomic mass is 16.5. The first-order valence-electron chi connectivity index (χ1n) is 12.5. The van der Waals surface area contributed by atoms with Gasteiger partial charge in [-0.05, 0) is 42.9 Å². The fourth-order valence-electron chi connectivity index (χ4n) is 7.51. The van der Waals surface area contributed by atoms with Gasteiger partial charge in [0.1, 0.15) is 17.7 Å². The summed E-state index contributed by atoms with van der Waals surface area (Å²) in [6, 6.07) is 0. The third-order valence-corrected chi connectivity index (χ3v) is 9.04. The standard InChI is InChI=1S/C22H33NO4.C4H4O4/c1-21-8-4-3-5-15(21)16(24)11-13-14(21)6-9-22(2)18(25)12-17(20(13)22)27-19(26)7-10-23;5-3(6)1-2-4(7)8/h13-15,17,20H,3-12,23H2,1-2H3;1-2H,(H,5,6)(H,7,8)/t13-,14+,15-,17?,20-,21-,22-;/m1./s1. The maximum atomic E-state index is 13.1. The number of Topliss-reactive ketones (excluding diaryl/α,β-unsaturated/α-hetero) is 2. The number of ether oxygens (including phenoxy) is 1. The fourth-order valence-corrected chi connectivity index (χ4v) is 7.51. The second-order valence-electron chi connectivity index (χ2n) is 10.9. The Kier molecular flexibility index (Phi) is 8.19. The van der Waals surface area contributed by atoms with Crippen LogP contribution in [0.25, 0.3) is 0 Å². The Labute approximate surface area is 205 Å². The molecule has 0 radical (unpaired) electrons. The molecule has 0 heterocycles. The van der Waals surface area contributed by atoms with Crippen LogP contribution in [0.3, 0.4) is 0 Å². The molecule has 0 amide bonds. The zero-order chi connectivity index (χ0) is 26.0. The SMILES string of the molecule is C[C@]12CCCC[C@@H]1C(=O)C[C@@H]1[C@@H]2CC[C@]2(C)C(=O)CC(OC(=O)CCN)[C@@H]12.O=C(O)C=CC(=O)O. The smallest absolute Gasteiger partial charge is 0.328 e. The lowest BCUT2D eigenvalue weighted by Gasteiger charge is -2.59. The van der Waals surface area contributed by atoms with E-state index in [2.05, 4.69) is 6.92 Å². The van der Waals surface area contributed by atoms with Gasteiger partial charge in [0.05, 0.1) is 6.42 Å². The lowest BCUT2D eigenvalue weighted by molar-refractivity contribution is -0.168. The van der Waals surface area contributed by atoms with Gasteiger partial charge in [0.2, 0.25) is 0 Å². The van der Waals surface area contributed by atoms with Gasteiger partial charge in [0.25, 0.3) is 0 Å². The molecular formula is C26H37NO8. The van der Waals surface area contributed by atoms with Crippen molar-refractivity contribution in [1.29, 1.82) is 0 Å². The van der Waals surface area contributed by atoms with E-state index in [4.69, 9.17) is 20.7 Å². The molecule has 4 aliphatic carbocycles. The summed E-state index contributed by atoms with van der Waals surface area (Å²) in [5.74, 6) is -1.45. The Balaban J connectivity index is 0.000000371. The van der Waals surface area contributed by atoms with Gasteiger partial charge < -0.3 is 20.7 Å². The van der Waals surface area contributed by atoms with Crippen LogP contribution in [0, 0.1) is 34.5 Å². The van der Waals surface area contributed by atoms with E-state index in [0.29, 0.717) is 36.7 Å². The minimum Gasteiger partial charge on any atom is -0.478 e. The summed E-state index contributed by atoms with van der Waals surface area (Å²) in [4.78, 5) is 57.2. The number of hydrogen-bond donors (Lipinski definition) is 3. The summed E-state index contributed by atoms with van der Waals surface area (Å²) in [6.45, 7) is 4.62. The second kappa shape index (κ2) is 10.6. The highest BCUT2D eigenvalue weighted by Gasteiger charge is 2.65. The molecule has 0 aromatic heterocycles. The van der Waals surface area contributed by atoms with Crippen LogP contribution in [0.2, 0.25) is 0 Å². The maximum absolute atomic E-state index is 13.1. The molecule has 0 bridgehead atoms. The van der Waals surface area contributed by atoms with E-state index in [-0.39, 0.29) is 54.0 Å². The zero-order valence-corrected chi connectivity index (χ0v) is 20.5. The van der Waals surface area contributed by atoms with Gasteiger partial charge in [-0.2, -0.15) is 0 Å². The number of carboxylic acids is 2. The van der Waals surface area contributed by atoms with Crippen LogP contribution in [0.4, 0.5) is 0 Å². The molecule has 0 saturated heterocycles. The van der Waals surface area contributed by atoms with Gasteiger partial charge in [-0.15, -0.1) is 0 Å². The molecule has 0 spiro atoms. The van der Waals surface area contributed by atoms with E-state index in [1.165, 1.54) is 6.42 Å². The van der Waals surface area contributed by atoms with Gasteiger partial charge in [0.15, 0.2) is 0 Å². The van der Waals surface area contributed by atoms with Crippen LogP contribution in [0.15, 0.2) is 12.2 Å². The van der Waals surface area contributed by atoms with Crippen LogP contribution in [0.1, 0.15) is 71.6 Å². The van der Waals surface area contributed by atoms with Crippen molar-refractivity contribution < 1.29 is 38.9 Å². The van der Waals surface area contributed by atoms with Crippen LogP contribution in [-0.2, 0) is 28.7 Å². The molecule has 0 aromatic rings. The summed E-state index contributed by atoms with van der Waals surface area (Å²) in [5, 5.41) is 15.6. The average Bonchev–Trinajstić information content (AvgIpc) is 3.02. The van der Waals surface area contributed by atoms with Crippen molar-refractivity contribution in [2.75, 3.05) is 6.54 Å². The number of hydrogen-bond acceptors (Lipinski definition) is 7. The van der Waals surface area contributed by atoms with Crippen LogP contribution < -0.4 is 5.73 Å². The summed E-state index contributed by atoms with van der Waals surface area (Å²) in [6.07, 6.45) is 8.14. The van der Waals surface area contributed by atoms with Crippen molar-refractivity contribution in [2.45, 2.75) is 77.7 Å². The Bertz CT molecular complexity index is 897. The largest absolute Gasteiger partial charge is 0.478 e. The number of carbonyl (C=O) groups is 5. The molecule has 4 rings (SSSR count). The molecule has 194 valence electrons. The molecule has 1 unspecified atom stereocenters. The molecule has 4 aliphatic rings. The highest BCUT2D eigenvalue weighted by Crippen LogP contribution is 2.65. The summed E-state index contributed by atoms with van der Waals surface area (Å²) in [7, 11) is 0. The molecule has 0 aliphatic heterocycles. The van der Waals surface area contributed by atoms with Gasteiger partial charge in [-0.25, -0.2) is 9.59 Å². The number of fused-ring (bicyclic) bond motifs is 5. The Morgan fingerprint density at radius 1 is 1.03 bits per heavy atom. The van der Waals surface area contributed by atoms with E-state index in [1.54, 1.807) is 0 Å². The van der Waals surface area contributed by atoms with Crippen molar-refractivity contribution in [3.05, 3.63) is 12.2 Å². The van der Waals surface area contributed by atoms with Gasteiger partial charge in [-0.3, -0.25) is 14.4 Å². The second-order valence-corrected chi connectivity index (χ2v) is 10.9. The average molecular weight is 492 g/mol. The van der Waals surface area contributed by atoms with Crippen molar-refractivity contribution in [1.82, 2.24) is 0 Å². The lowest BCUT2D eigenvalue weighted by atomic mass is 9.45. The Morgan fingerprint density at radius 3 is 2.29 bits per heavy atom. The van der Waals surface area contributed by atoms with Crippen LogP contribution in [-0.4, -0.2) is 52.3 Å². The predicted octanol–water partition coefficient (Wildman–Crippen LogP) is 2.75. The Morgan fingerprint density at radius 2 is 1.69 bits per heavy atom. The molecular weight excluding hydrogens is 454 g/mol. The molecule has 7 atom stereocenters. The van der Waals surface area contributed by atoms with Gasteiger partial charge >= 0.3 is 17.9 Å². The first-order valence-corrected chi connectivity index (χ1v) is 12.5. The maximum Gasteiger partial charge on any atom is 0.328 e. The summed E-state index contributed by atoms with van der Waals surface area (Å²) < 4.78 is 5.76. The van der Waals surface area contributed by atoms with E-state index in [1.807, 2.05) is 6.92 Å². The van der Waals surface area contributed by atoms with E-state index < -0.39 is 17.4 Å². The van der Waals surface area contributed by atoms with E-state index in [9.17, 15) is 24.0 Å². The first kappa shape index (κ1) is 27.0. The van der Waals surface area contributed by atoms with E-state index in [0.717, 1.165) is 32.1 Å². The quantitative estimate of drug-likeness (QED) is 0.388. The number of esters is 1. The molecule has 4 fully saturated rings. The third kappa shape index (κ3) is 5.34. The van der Waals surface area contributed by atoms with Crippen molar-refractivity contribution in [3.63, 3.8) is 0 Å². The molecule has 4 N–H and O–H groups in total. The number of aliphatic carboxylic acids is 2. The monoisotopic (exact) mass is 491 g/mol. The number of carbonyl (C=O) groups excluding carboxylic acids is 3. The first-order chi connectivity index (χ1) is 16.4. The van der Waals surface area contributed by atoms with Crippen molar-refractivity contribution in [3.8, 4) is 0 Å². The Hall–Kier alpha value is -2.55. The minimum absolute atomic E-state index is 0.0193.